The largest absolute Gasteiger partial charge is 0.497 e. The van der Waals surface area contributed by atoms with Gasteiger partial charge in [-0.1, -0.05) is 23.5 Å². The van der Waals surface area contributed by atoms with Crippen LogP contribution in [-0.4, -0.2) is 54.6 Å². The zero-order valence-corrected chi connectivity index (χ0v) is 15.5. The maximum Gasteiger partial charge on any atom is 0.272 e. The van der Waals surface area contributed by atoms with Gasteiger partial charge in [-0.05, 0) is 17.7 Å². The van der Waals surface area contributed by atoms with Gasteiger partial charge in [0.05, 0.1) is 13.2 Å². The predicted molar refractivity (Wildman–Crippen MR) is 92.0 cm³/mol. The topological polar surface area (TPSA) is 122 Å². The molecule has 136 valence electrons. The Morgan fingerprint density at radius 2 is 2.16 bits per heavy atom. The minimum Gasteiger partial charge on any atom is -0.497 e. The van der Waals surface area contributed by atoms with Crippen LogP contribution in [-0.2, 0) is 14.8 Å². The Labute approximate surface area is 149 Å². The Kier molecular flexibility index (Phi) is 6.06. The molecular weight excluding hydrogens is 368 g/mol. The van der Waals surface area contributed by atoms with Crippen molar-refractivity contribution >= 4 is 32.4 Å². The van der Waals surface area contributed by atoms with Crippen LogP contribution in [0, 0.1) is 0 Å². The second kappa shape index (κ2) is 7.87. The van der Waals surface area contributed by atoms with Crippen LogP contribution in [0.4, 0.5) is 5.13 Å². The van der Waals surface area contributed by atoms with Crippen molar-refractivity contribution in [2.24, 2.45) is 0 Å². The number of aliphatic hydroxyl groups is 1. The van der Waals surface area contributed by atoms with Crippen LogP contribution in [0.2, 0.25) is 0 Å². The van der Waals surface area contributed by atoms with E-state index in [4.69, 9.17) is 4.74 Å². The number of nitrogens with zero attached hydrogens (tertiary/aromatic N) is 3. The van der Waals surface area contributed by atoms with Crippen LogP contribution in [0.1, 0.15) is 18.6 Å². The lowest BCUT2D eigenvalue weighted by molar-refractivity contribution is -0.114. The average Bonchev–Trinajstić information content (AvgIpc) is 3.03. The van der Waals surface area contributed by atoms with E-state index in [2.05, 4.69) is 15.5 Å². The molecule has 0 aliphatic carbocycles. The number of anilines is 1. The summed E-state index contributed by atoms with van der Waals surface area (Å²) in [6.07, 6.45) is -1.04. The molecule has 0 fully saturated rings. The molecule has 2 N–H and O–H groups in total. The number of rotatable bonds is 7. The normalized spacial score (nSPS) is 12.8. The molecule has 9 nitrogen and oxygen atoms in total. The molecule has 1 amide bonds. The highest BCUT2D eigenvalue weighted by Gasteiger charge is 2.28. The number of likely N-dealkylation sites (N-methyl/N-ethyl adjacent to an activating group) is 1. The molecule has 2 rings (SSSR count). The van der Waals surface area contributed by atoms with Crippen LogP contribution in [0.5, 0.6) is 5.75 Å². The fourth-order valence-corrected chi connectivity index (χ4v) is 4.26. The molecule has 2 aromatic rings. The second-order valence-corrected chi connectivity index (χ2v) is 8.33. The quantitative estimate of drug-likeness (QED) is 0.677. The zero-order valence-electron chi connectivity index (χ0n) is 13.8. The van der Waals surface area contributed by atoms with Gasteiger partial charge in [0.2, 0.25) is 15.4 Å². The van der Waals surface area contributed by atoms with Crippen molar-refractivity contribution in [1.29, 1.82) is 0 Å². The molecule has 1 atom stereocenters. The fraction of sp³-hybridized carbons (Fsp3) is 0.357. The first-order valence-corrected chi connectivity index (χ1v) is 9.39. The van der Waals surface area contributed by atoms with Crippen LogP contribution in [0.15, 0.2) is 28.6 Å². The standard InChI is InChI=1S/C14H18N4O5S2/c1-9(19)15-13-16-17-14(24-13)25(21,22)18(2)8-12(20)10-5-4-6-11(7-10)23-3/h4-7,12,20H,8H2,1-3H3,(H,15,16,19). The Balaban J connectivity index is 2.13. The molecule has 1 aromatic heterocycles. The van der Waals surface area contributed by atoms with Crippen molar-refractivity contribution in [3.8, 4) is 5.75 Å². The molecule has 0 bridgehead atoms. The Morgan fingerprint density at radius 1 is 1.44 bits per heavy atom. The Hall–Kier alpha value is -2.08. The highest BCUT2D eigenvalue weighted by molar-refractivity contribution is 7.91. The number of sulfonamides is 1. The fourth-order valence-electron chi connectivity index (χ4n) is 1.94. The van der Waals surface area contributed by atoms with Gasteiger partial charge in [-0.15, -0.1) is 10.2 Å². The Bertz CT molecular complexity index is 852. The molecule has 0 aliphatic rings. The summed E-state index contributed by atoms with van der Waals surface area (Å²) in [4.78, 5) is 11.0. The maximum absolute atomic E-state index is 12.5. The molecule has 11 heteroatoms. The second-order valence-electron chi connectivity index (χ2n) is 5.13. The average molecular weight is 386 g/mol. The summed E-state index contributed by atoms with van der Waals surface area (Å²) < 4.78 is 30.8. The third-order valence-corrected chi connectivity index (χ3v) is 6.24. The number of ether oxygens (including phenoxy) is 1. The van der Waals surface area contributed by atoms with Gasteiger partial charge in [0.25, 0.3) is 10.0 Å². The van der Waals surface area contributed by atoms with E-state index in [0.717, 1.165) is 15.6 Å². The molecule has 0 radical (unpaired) electrons. The smallest absolute Gasteiger partial charge is 0.272 e. The number of carbonyl (C=O) groups excluding carboxylic acids is 1. The minimum atomic E-state index is -3.94. The first-order valence-electron chi connectivity index (χ1n) is 7.13. The van der Waals surface area contributed by atoms with E-state index < -0.39 is 16.1 Å². The number of benzene rings is 1. The van der Waals surface area contributed by atoms with Gasteiger partial charge < -0.3 is 15.2 Å². The van der Waals surface area contributed by atoms with Gasteiger partial charge in [0.15, 0.2) is 0 Å². The first kappa shape index (κ1) is 19.2. The van der Waals surface area contributed by atoms with Gasteiger partial charge in [0, 0.05) is 20.5 Å². The summed E-state index contributed by atoms with van der Waals surface area (Å²) in [5.74, 6) is 0.188. The van der Waals surface area contributed by atoms with Crippen molar-refractivity contribution in [2.75, 3.05) is 26.0 Å². The van der Waals surface area contributed by atoms with Gasteiger partial charge in [-0.3, -0.25) is 4.79 Å². The number of methoxy groups -OCH3 is 1. The molecular formula is C14H18N4O5S2. The van der Waals surface area contributed by atoms with Gasteiger partial charge in [-0.25, -0.2) is 8.42 Å². The molecule has 0 saturated carbocycles. The van der Waals surface area contributed by atoms with Crippen molar-refractivity contribution < 1.29 is 23.1 Å². The number of carbonyl (C=O) groups is 1. The summed E-state index contributed by atoms with van der Waals surface area (Å²) in [5, 5.41) is 20.0. The van der Waals surface area contributed by atoms with E-state index in [-0.39, 0.29) is 21.9 Å². The van der Waals surface area contributed by atoms with Crippen molar-refractivity contribution in [3.63, 3.8) is 0 Å². The lowest BCUT2D eigenvalue weighted by atomic mass is 10.1. The molecule has 0 spiro atoms. The minimum absolute atomic E-state index is 0.0906. The molecule has 1 heterocycles. The number of aromatic nitrogens is 2. The van der Waals surface area contributed by atoms with Crippen LogP contribution in [0.25, 0.3) is 0 Å². The van der Waals surface area contributed by atoms with E-state index in [9.17, 15) is 18.3 Å². The Morgan fingerprint density at radius 3 is 2.80 bits per heavy atom. The number of nitrogens with one attached hydrogen (secondary N) is 1. The molecule has 1 unspecified atom stereocenters. The predicted octanol–water partition coefficient (Wildman–Crippen LogP) is 0.859. The number of amides is 1. The van der Waals surface area contributed by atoms with Gasteiger partial charge in [0.1, 0.15) is 5.75 Å². The van der Waals surface area contributed by atoms with E-state index in [1.807, 2.05) is 0 Å². The zero-order chi connectivity index (χ0) is 18.6. The summed E-state index contributed by atoms with van der Waals surface area (Å²) >= 11 is 0.740. The molecule has 0 aliphatic heterocycles. The molecule has 25 heavy (non-hydrogen) atoms. The summed E-state index contributed by atoms with van der Waals surface area (Å²) in [7, 11) is -1.10. The number of aliphatic hydroxyl groups excluding tert-OH is 1. The first-order chi connectivity index (χ1) is 11.7. The summed E-state index contributed by atoms with van der Waals surface area (Å²) in [6, 6.07) is 6.73. The van der Waals surface area contributed by atoms with Crippen LogP contribution < -0.4 is 10.1 Å². The number of hydrogen-bond acceptors (Lipinski definition) is 8. The molecule has 0 saturated heterocycles. The van der Waals surface area contributed by atoms with Gasteiger partial charge in [-0.2, -0.15) is 4.31 Å². The third kappa shape index (κ3) is 4.72. The maximum atomic E-state index is 12.5. The monoisotopic (exact) mass is 386 g/mol. The van der Waals surface area contributed by atoms with Crippen LogP contribution in [0.3, 0.4) is 0 Å². The van der Waals surface area contributed by atoms with Gasteiger partial charge >= 0.3 is 0 Å². The lowest BCUT2D eigenvalue weighted by Gasteiger charge is -2.19. The van der Waals surface area contributed by atoms with Crippen molar-refractivity contribution in [3.05, 3.63) is 29.8 Å². The van der Waals surface area contributed by atoms with Crippen LogP contribution >= 0.6 is 11.3 Å². The third-order valence-electron chi connectivity index (χ3n) is 3.23. The highest BCUT2D eigenvalue weighted by atomic mass is 32.2. The molecule has 1 aromatic carbocycles. The van der Waals surface area contributed by atoms with Crippen molar-refractivity contribution in [2.45, 2.75) is 17.4 Å². The van der Waals surface area contributed by atoms with E-state index in [1.165, 1.54) is 21.1 Å². The van der Waals surface area contributed by atoms with E-state index >= 15 is 0 Å². The van der Waals surface area contributed by atoms with E-state index in [0.29, 0.717) is 11.3 Å². The SMILES string of the molecule is COc1cccc(C(O)CN(C)S(=O)(=O)c2nnc(NC(C)=O)s2)c1. The number of hydrogen-bond donors (Lipinski definition) is 2. The van der Waals surface area contributed by atoms with E-state index in [1.54, 1.807) is 24.3 Å². The lowest BCUT2D eigenvalue weighted by Crippen LogP contribution is -2.31. The highest BCUT2D eigenvalue weighted by Crippen LogP contribution is 2.25. The summed E-state index contributed by atoms with van der Waals surface area (Å²) in [6.45, 7) is 1.11. The summed E-state index contributed by atoms with van der Waals surface area (Å²) in [5.41, 5.74) is 0.526. The van der Waals surface area contributed by atoms with Crippen molar-refractivity contribution in [1.82, 2.24) is 14.5 Å².